The summed E-state index contributed by atoms with van der Waals surface area (Å²) in [6.45, 7) is 10.5. The first kappa shape index (κ1) is 34.0. The van der Waals surface area contributed by atoms with Gasteiger partial charge < -0.3 is 19.9 Å². The number of pyridine rings is 1. The van der Waals surface area contributed by atoms with Crippen LogP contribution in [-0.2, 0) is 16.0 Å². The molecule has 2 N–H and O–H groups in total. The fourth-order valence-electron chi connectivity index (χ4n) is 6.21. The molecule has 3 atom stereocenters. The number of rotatable bonds is 12. The standard InChI is InChI=1S/C35H42F3N3O4/c1-20(2)13-30(41-18-24(15-28(37)35(41)45)9-11-40-12-10-26(36)19-40)34(44)39-29(17-31(42)43)27-16-25(14-23(5)33(27)38)32-21(3)7-6-8-22(32)4/h6-8,14-16,18,20,26,29-30H,9-13,17,19H2,1-5H3,(H,39,44)(H,42,43). The van der Waals surface area contributed by atoms with Gasteiger partial charge in [0.25, 0.3) is 5.56 Å². The molecule has 45 heavy (non-hydrogen) atoms. The van der Waals surface area contributed by atoms with Crippen LogP contribution in [0.5, 0.6) is 0 Å². The van der Waals surface area contributed by atoms with Gasteiger partial charge in [0.15, 0.2) is 5.82 Å². The van der Waals surface area contributed by atoms with Crippen molar-refractivity contribution in [3.63, 3.8) is 0 Å². The Bertz CT molecular complexity index is 1600. The fourth-order valence-corrected chi connectivity index (χ4v) is 6.21. The number of likely N-dealkylation sites (tertiary alicyclic amines) is 1. The summed E-state index contributed by atoms with van der Waals surface area (Å²) in [6, 6.07) is 7.73. The largest absolute Gasteiger partial charge is 0.481 e. The quantitative estimate of drug-likeness (QED) is 0.249. The van der Waals surface area contributed by atoms with Crippen LogP contribution in [0.4, 0.5) is 13.2 Å². The number of hydrogen-bond acceptors (Lipinski definition) is 4. The summed E-state index contributed by atoms with van der Waals surface area (Å²) in [5.41, 5.74) is 3.27. The molecule has 4 rings (SSSR count). The van der Waals surface area contributed by atoms with E-state index in [0.717, 1.165) is 27.3 Å². The highest BCUT2D eigenvalue weighted by Gasteiger charge is 2.30. The molecule has 2 heterocycles. The zero-order valence-electron chi connectivity index (χ0n) is 26.5. The number of carboxylic acid groups (broad SMARTS) is 1. The molecule has 7 nitrogen and oxygen atoms in total. The van der Waals surface area contributed by atoms with Crippen LogP contribution < -0.4 is 10.9 Å². The Labute approximate surface area is 262 Å². The number of carbonyl (C=O) groups is 2. The topological polar surface area (TPSA) is 91.6 Å². The molecule has 0 spiro atoms. The first-order valence-corrected chi connectivity index (χ1v) is 15.4. The number of alkyl halides is 1. The molecule has 3 unspecified atom stereocenters. The average molecular weight is 626 g/mol. The minimum atomic E-state index is -1.26. The van der Waals surface area contributed by atoms with E-state index in [1.165, 1.54) is 6.20 Å². The predicted molar refractivity (Wildman–Crippen MR) is 168 cm³/mol. The first-order valence-electron chi connectivity index (χ1n) is 15.4. The van der Waals surface area contributed by atoms with Crippen molar-refractivity contribution in [1.82, 2.24) is 14.8 Å². The normalized spacial score (nSPS) is 16.6. The second-order valence-electron chi connectivity index (χ2n) is 12.6. The lowest BCUT2D eigenvalue weighted by atomic mass is 9.90. The molecule has 242 valence electrons. The van der Waals surface area contributed by atoms with Crippen molar-refractivity contribution in [2.45, 2.75) is 78.6 Å². The van der Waals surface area contributed by atoms with Gasteiger partial charge in [-0.2, -0.15) is 0 Å². The van der Waals surface area contributed by atoms with Gasteiger partial charge in [0.2, 0.25) is 5.91 Å². The number of aliphatic carboxylic acids is 1. The van der Waals surface area contributed by atoms with E-state index in [9.17, 15) is 28.3 Å². The molecule has 1 saturated heterocycles. The van der Waals surface area contributed by atoms with Crippen LogP contribution in [0.15, 0.2) is 47.4 Å². The van der Waals surface area contributed by atoms with Crippen LogP contribution >= 0.6 is 0 Å². The van der Waals surface area contributed by atoms with E-state index < -0.39 is 53.7 Å². The number of nitrogens with zero attached hydrogens (tertiary/aromatic N) is 2. The van der Waals surface area contributed by atoms with Gasteiger partial charge in [-0.1, -0.05) is 32.0 Å². The number of benzene rings is 2. The van der Waals surface area contributed by atoms with Crippen LogP contribution in [0.3, 0.4) is 0 Å². The summed E-state index contributed by atoms with van der Waals surface area (Å²) >= 11 is 0. The Morgan fingerprint density at radius 2 is 1.76 bits per heavy atom. The summed E-state index contributed by atoms with van der Waals surface area (Å²) in [7, 11) is 0. The molecule has 1 aliphatic rings. The Balaban J connectivity index is 1.71. The number of aryl methyl sites for hydroxylation is 3. The molecule has 2 aromatic carbocycles. The molecule has 3 aromatic rings. The van der Waals surface area contributed by atoms with Gasteiger partial charge in [-0.25, -0.2) is 13.2 Å². The summed E-state index contributed by atoms with van der Waals surface area (Å²) in [6.07, 6.45) is 0.866. The van der Waals surface area contributed by atoms with Crippen molar-refractivity contribution < 1.29 is 27.9 Å². The molecular weight excluding hydrogens is 583 g/mol. The van der Waals surface area contributed by atoms with Gasteiger partial charge in [-0.15, -0.1) is 0 Å². The van der Waals surface area contributed by atoms with Gasteiger partial charge in [0.1, 0.15) is 18.0 Å². The van der Waals surface area contributed by atoms with Crippen molar-refractivity contribution in [2.24, 2.45) is 5.92 Å². The van der Waals surface area contributed by atoms with Crippen LogP contribution in [0, 0.1) is 38.3 Å². The van der Waals surface area contributed by atoms with Gasteiger partial charge in [-0.3, -0.25) is 14.4 Å². The van der Waals surface area contributed by atoms with Crippen LogP contribution in [0.2, 0.25) is 0 Å². The van der Waals surface area contributed by atoms with E-state index in [1.54, 1.807) is 19.1 Å². The Hall–Kier alpha value is -3.92. The molecule has 10 heteroatoms. The average Bonchev–Trinajstić information content (AvgIpc) is 3.38. The van der Waals surface area contributed by atoms with E-state index in [1.807, 2.05) is 50.8 Å². The Morgan fingerprint density at radius 1 is 1.07 bits per heavy atom. The molecule has 1 amide bonds. The predicted octanol–water partition coefficient (Wildman–Crippen LogP) is 6.22. The van der Waals surface area contributed by atoms with Gasteiger partial charge in [0.05, 0.1) is 12.5 Å². The van der Waals surface area contributed by atoms with Crippen molar-refractivity contribution in [1.29, 1.82) is 0 Å². The lowest BCUT2D eigenvalue weighted by Crippen LogP contribution is -2.41. The number of carbonyl (C=O) groups excluding carboxylic acids is 1. The molecule has 1 fully saturated rings. The SMILES string of the molecule is Cc1cc(-c2c(C)cccc2C)cc(C(CC(=O)O)NC(=O)C(CC(C)C)n2cc(CCN3CCC(F)C3)cc(F)c2=O)c1F. The minimum absolute atomic E-state index is 0.00996. The van der Waals surface area contributed by atoms with E-state index in [0.29, 0.717) is 43.6 Å². The molecule has 1 aliphatic heterocycles. The molecule has 0 radical (unpaired) electrons. The molecule has 1 aromatic heterocycles. The number of halogens is 3. The third kappa shape index (κ3) is 8.22. The highest BCUT2D eigenvalue weighted by molar-refractivity contribution is 5.82. The zero-order chi connectivity index (χ0) is 33.0. The summed E-state index contributed by atoms with van der Waals surface area (Å²) in [5.74, 6) is -3.74. The molecule has 0 bridgehead atoms. The Kier molecular flexibility index (Phi) is 10.9. The second kappa shape index (κ2) is 14.5. The maximum atomic E-state index is 15.7. The molecule has 0 saturated carbocycles. The number of amides is 1. The van der Waals surface area contributed by atoms with E-state index in [4.69, 9.17) is 0 Å². The number of aromatic nitrogens is 1. The first-order chi connectivity index (χ1) is 21.2. The van der Waals surface area contributed by atoms with Crippen LogP contribution in [-0.4, -0.2) is 52.3 Å². The van der Waals surface area contributed by atoms with E-state index in [2.05, 4.69) is 5.32 Å². The number of carboxylic acids is 1. The maximum absolute atomic E-state index is 15.7. The van der Waals surface area contributed by atoms with E-state index >= 15 is 4.39 Å². The fraction of sp³-hybridized carbons (Fsp3) is 0.457. The zero-order valence-corrected chi connectivity index (χ0v) is 26.5. The monoisotopic (exact) mass is 625 g/mol. The highest BCUT2D eigenvalue weighted by Crippen LogP contribution is 2.33. The minimum Gasteiger partial charge on any atom is -0.481 e. The van der Waals surface area contributed by atoms with Gasteiger partial charge >= 0.3 is 5.97 Å². The van der Waals surface area contributed by atoms with Gasteiger partial charge in [-0.05, 0) is 97.5 Å². The smallest absolute Gasteiger partial charge is 0.305 e. The third-order valence-corrected chi connectivity index (χ3v) is 8.44. The highest BCUT2D eigenvalue weighted by atomic mass is 19.1. The van der Waals surface area contributed by atoms with Crippen molar-refractivity contribution in [3.8, 4) is 11.1 Å². The van der Waals surface area contributed by atoms with Crippen LogP contribution in [0.25, 0.3) is 11.1 Å². The summed E-state index contributed by atoms with van der Waals surface area (Å²) in [4.78, 5) is 40.9. The number of hydrogen-bond donors (Lipinski definition) is 2. The Morgan fingerprint density at radius 3 is 2.36 bits per heavy atom. The third-order valence-electron chi connectivity index (χ3n) is 8.44. The summed E-state index contributed by atoms with van der Waals surface area (Å²) < 4.78 is 45.4. The van der Waals surface area contributed by atoms with Gasteiger partial charge in [0, 0.05) is 31.4 Å². The number of nitrogens with one attached hydrogen (secondary N) is 1. The lowest BCUT2D eigenvalue weighted by Gasteiger charge is -2.26. The molecule has 0 aliphatic carbocycles. The van der Waals surface area contributed by atoms with Crippen molar-refractivity contribution >= 4 is 11.9 Å². The summed E-state index contributed by atoms with van der Waals surface area (Å²) in [5, 5.41) is 12.5. The van der Waals surface area contributed by atoms with Crippen molar-refractivity contribution in [2.75, 3.05) is 19.6 Å². The van der Waals surface area contributed by atoms with Crippen molar-refractivity contribution in [3.05, 3.63) is 92.4 Å². The molecular formula is C35H42F3N3O4. The van der Waals surface area contributed by atoms with Crippen LogP contribution in [0.1, 0.15) is 73.0 Å². The second-order valence-corrected chi connectivity index (χ2v) is 12.6. The van der Waals surface area contributed by atoms with E-state index in [-0.39, 0.29) is 23.5 Å². The maximum Gasteiger partial charge on any atom is 0.305 e. The lowest BCUT2D eigenvalue weighted by molar-refractivity contribution is -0.138.